The molecule has 0 aliphatic carbocycles. The van der Waals surface area contributed by atoms with Crippen molar-refractivity contribution in [2.45, 2.75) is 0 Å². The van der Waals surface area contributed by atoms with Crippen LogP contribution >= 0.6 is 0 Å². The van der Waals surface area contributed by atoms with Gasteiger partial charge in [0.05, 0.1) is 0 Å². The SMILES string of the molecule is Oc1ccc(C#Cc2c3ccccc3cc3ccccc23)cc1C=Nc1ccccc1O. The number of benzene rings is 5. The molecule has 5 aromatic carbocycles. The Morgan fingerprint density at radius 1 is 0.625 bits per heavy atom. The zero-order chi connectivity index (χ0) is 21.9. The molecule has 0 fully saturated rings. The standard InChI is InChI=1S/C29H19NO2/c31-28-16-14-20(17-23(28)19-30-27-11-5-6-12-29(27)32)13-15-26-24-9-3-1-7-21(24)18-22-8-2-4-10-25(22)26/h1-12,14,16-19,31-32H. The summed E-state index contributed by atoms with van der Waals surface area (Å²) in [4.78, 5) is 4.29. The molecular formula is C29H19NO2. The Balaban J connectivity index is 1.58. The molecule has 3 nitrogen and oxygen atoms in total. The van der Waals surface area contributed by atoms with E-state index in [1.165, 1.54) is 6.21 Å². The van der Waals surface area contributed by atoms with Crippen molar-refractivity contribution in [3.05, 3.63) is 114 Å². The van der Waals surface area contributed by atoms with Crippen LogP contribution in [-0.4, -0.2) is 16.4 Å². The Kier molecular flexibility index (Phi) is 5.03. The van der Waals surface area contributed by atoms with Gasteiger partial charge in [-0.1, -0.05) is 72.5 Å². The molecule has 0 bridgehead atoms. The van der Waals surface area contributed by atoms with Crippen LogP contribution in [0.15, 0.2) is 102 Å². The average molecular weight is 413 g/mol. The summed E-state index contributed by atoms with van der Waals surface area (Å²) in [5.74, 6) is 6.80. The second-order valence-corrected chi connectivity index (χ2v) is 7.46. The lowest BCUT2D eigenvalue weighted by atomic mass is 9.97. The number of fused-ring (bicyclic) bond motifs is 2. The molecule has 32 heavy (non-hydrogen) atoms. The van der Waals surface area contributed by atoms with Crippen molar-refractivity contribution < 1.29 is 10.2 Å². The van der Waals surface area contributed by atoms with Gasteiger partial charge in [-0.05, 0) is 57.9 Å². The van der Waals surface area contributed by atoms with Crippen molar-refractivity contribution in [1.29, 1.82) is 0 Å². The van der Waals surface area contributed by atoms with Gasteiger partial charge in [0.15, 0.2) is 0 Å². The van der Waals surface area contributed by atoms with Gasteiger partial charge in [-0.15, -0.1) is 0 Å². The van der Waals surface area contributed by atoms with E-state index in [1.807, 2.05) is 24.3 Å². The molecule has 0 atom stereocenters. The fourth-order valence-electron chi connectivity index (χ4n) is 3.73. The molecule has 5 rings (SSSR count). The minimum atomic E-state index is 0.0852. The van der Waals surface area contributed by atoms with Crippen LogP contribution in [0.25, 0.3) is 21.5 Å². The van der Waals surface area contributed by atoms with E-state index in [1.54, 1.807) is 42.5 Å². The van der Waals surface area contributed by atoms with E-state index in [0.717, 1.165) is 32.7 Å². The molecule has 0 heterocycles. The van der Waals surface area contributed by atoms with Crippen LogP contribution in [0, 0.1) is 11.8 Å². The molecule has 3 heteroatoms. The van der Waals surface area contributed by atoms with Gasteiger partial charge in [-0.25, -0.2) is 0 Å². The molecule has 0 spiro atoms. The number of aliphatic imine (C=N–C) groups is 1. The largest absolute Gasteiger partial charge is 0.507 e. The lowest BCUT2D eigenvalue weighted by Gasteiger charge is -2.06. The molecule has 0 unspecified atom stereocenters. The van der Waals surface area contributed by atoms with E-state index in [2.05, 4.69) is 47.2 Å². The summed E-state index contributed by atoms with van der Waals surface area (Å²) in [5.41, 5.74) is 2.71. The average Bonchev–Trinajstić information content (AvgIpc) is 2.82. The topological polar surface area (TPSA) is 52.8 Å². The number of rotatable bonds is 2. The van der Waals surface area contributed by atoms with Crippen LogP contribution < -0.4 is 0 Å². The Bertz CT molecular complexity index is 1500. The number of aromatic hydroxyl groups is 2. The molecule has 0 aliphatic rings. The second-order valence-electron chi connectivity index (χ2n) is 7.46. The highest BCUT2D eigenvalue weighted by molar-refractivity contribution is 6.04. The van der Waals surface area contributed by atoms with Crippen LogP contribution in [0.1, 0.15) is 16.7 Å². The van der Waals surface area contributed by atoms with Gasteiger partial charge >= 0.3 is 0 Å². The second kappa shape index (κ2) is 8.29. The third kappa shape index (κ3) is 3.78. The molecule has 0 radical (unpaired) electrons. The highest BCUT2D eigenvalue weighted by Gasteiger charge is 2.06. The van der Waals surface area contributed by atoms with Gasteiger partial charge in [-0.3, -0.25) is 4.99 Å². The van der Waals surface area contributed by atoms with Crippen molar-refractivity contribution in [1.82, 2.24) is 0 Å². The first kappa shape index (κ1) is 19.4. The normalized spacial score (nSPS) is 11.0. The Hall–Kier alpha value is -4.55. The summed E-state index contributed by atoms with van der Waals surface area (Å²) < 4.78 is 0. The predicted octanol–water partition coefficient (Wildman–Crippen LogP) is 6.55. The lowest BCUT2D eigenvalue weighted by Crippen LogP contribution is -1.87. The number of hydrogen-bond donors (Lipinski definition) is 2. The quantitative estimate of drug-likeness (QED) is 0.196. The monoisotopic (exact) mass is 413 g/mol. The molecular weight excluding hydrogens is 394 g/mol. The van der Waals surface area contributed by atoms with Gasteiger partial charge in [-0.2, -0.15) is 0 Å². The highest BCUT2D eigenvalue weighted by Crippen LogP contribution is 2.28. The summed E-state index contributed by atoms with van der Waals surface area (Å²) in [7, 11) is 0. The van der Waals surface area contributed by atoms with E-state index < -0.39 is 0 Å². The Labute approximate surface area is 185 Å². The Morgan fingerprint density at radius 3 is 2.00 bits per heavy atom. The smallest absolute Gasteiger partial charge is 0.141 e. The third-order valence-corrected chi connectivity index (χ3v) is 5.36. The van der Waals surface area contributed by atoms with Crippen molar-refractivity contribution in [3.8, 4) is 23.3 Å². The number of phenolic OH excluding ortho intramolecular Hbond substituents is 2. The number of nitrogens with zero attached hydrogens (tertiary/aromatic N) is 1. The highest BCUT2D eigenvalue weighted by atomic mass is 16.3. The van der Waals surface area contributed by atoms with Crippen molar-refractivity contribution in [2.75, 3.05) is 0 Å². The molecule has 152 valence electrons. The summed E-state index contributed by atoms with van der Waals surface area (Å²) in [5, 5.41) is 24.7. The van der Waals surface area contributed by atoms with E-state index in [4.69, 9.17) is 0 Å². The van der Waals surface area contributed by atoms with Crippen molar-refractivity contribution in [3.63, 3.8) is 0 Å². The Morgan fingerprint density at radius 2 is 1.28 bits per heavy atom. The number of phenols is 2. The van der Waals surface area contributed by atoms with Gasteiger partial charge in [0.1, 0.15) is 17.2 Å². The summed E-state index contributed by atoms with van der Waals surface area (Å²) in [6, 6.07) is 30.7. The third-order valence-electron chi connectivity index (χ3n) is 5.36. The van der Waals surface area contributed by atoms with E-state index in [9.17, 15) is 10.2 Å². The molecule has 0 amide bonds. The van der Waals surface area contributed by atoms with E-state index in [-0.39, 0.29) is 11.5 Å². The van der Waals surface area contributed by atoms with Gasteiger partial charge < -0.3 is 10.2 Å². The fourth-order valence-corrected chi connectivity index (χ4v) is 3.73. The number of para-hydroxylation sites is 2. The first-order valence-corrected chi connectivity index (χ1v) is 10.3. The molecule has 2 N–H and O–H groups in total. The minimum absolute atomic E-state index is 0.0852. The van der Waals surface area contributed by atoms with Gasteiger partial charge in [0.25, 0.3) is 0 Å². The maximum atomic E-state index is 10.2. The lowest BCUT2D eigenvalue weighted by molar-refractivity contribution is 0.474. The molecule has 0 saturated carbocycles. The van der Waals surface area contributed by atoms with Crippen LogP contribution in [0.3, 0.4) is 0 Å². The van der Waals surface area contributed by atoms with E-state index in [0.29, 0.717) is 11.3 Å². The van der Waals surface area contributed by atoms with Crippen molar-refractivity contribution in [2.24, 2.45) is 4.99 Å². The van der Waals surface area contributed by atoms with Crippen LogP contribution in [-0.2, 0) is 0 Å². The predicted molar refractivity (Wildman–Crippen MR) is 131 cm³/mol. The molecule has 5 aromatic rings. The van der Waals surface area contributed by atoms with Crippen LogP contribution in [0.2, 0.25) is 0 Å². The summed E-state index contributed by atoms with van der Waals surface area (Å²) >= 11 is 0. The zero-order valence-electron chi connectivity index (χ0n) is 17.2. The fraction of sp³-hybridized carbons (Fsp3) is 0. The van der Waals surface area contributed by atoms with Crippen LogP contribution in [0.5, 0.6) is 11.5 Å². The molecule has 0 saturated heterocycles. The maximum Gasteiger partial charge on any atom is 0.141 e. The number of hydrogen-bond acceptors (Lipinski definition) is 3. The summed E-state index contributed by atoms with van der Waals surface area (Å²) in [6.07, 6.45) is 1.53. The molecule has 0 aromatic heterocycles. The van der Waals surface area contributed by atoms with E-state index >= 15 is 0 Å². The molecule has 0 aliphatic heterocycles. The first-order chi connectivity index (χ1) is 15.7. The van der Waals surface area contributed by atoms with Gasteiger partial charge in [0, 0.05) is 22.9 Å². The summed E-state index contributed by atoms with van der Waals surface area (Å²) in [6.45, 7) is 0. The van der Waals surface area contributed by atoms with Gasteiger partial charge in [0.2, 0.25) is 0 Å². The first-order valence-electron chi connectivity index (χ1n) is 10.3. The zero-order valence-corrected chi connectivity index (χ0v) is 17.2. The van der Waals surface area contributed by atoms with Crippen LogP contribution in [0.4, 0.5) is 5.69 Å². The minimum Gasteiger partial charge on any atom is -0.507 e. The van der Waals surface area contributed by atoms with Crippen molar-refractivity contribution >= 4 is 33.4 Å². The maximum absolute atomic E-state index is 10.2.